The van der Waals surface area contributed by atoms with Crippen LogP contribution >= 0.6 is 23.4 Å². The van der Waals surface area contributed by atoms with E-state index in [9.17, 15) is 24.6 Å². The molecule has 0 aromatic carbocycles. The summed E-state index contributed by atoms with van der Waals surface area (Å²) in [6.07, 6.45) is 7.37. The molecule has 2 unspecified atom stereocenters. The first-order valence-electron chi connectivity index (χ1n) is 12.8. The number of furan rings is 1. The standard InChI is InChI=1S/C28H33ClO7S/c1-16-13-20-19-7-6-17-14-18(31)8-9-25(17,2)27(19,29)22(32)15-26(20,3)28(16,24(34)37-12-10-30)36-23(33)21-5-4-11-35-21/h4-5,8-9,11,14,16,19-20,22,30,32H,6-7,10,12-13,15H2,1-3H3/t16-,19?,20?,22+,25+,26+,27+,28+/m1/s1. The molecule has 2 N–H and O–H groups in total. The van der Waals surface area contributed by atoms with E-state index in [-0.39, 0.29) is 53.2 Å². The van der Waals surface area contributed by atoms with Gasteiger partial charge in [-0.05, 0) is 61.8 Å². The summed E-state index contributed by atoms with van der Waals surface area (Å²) in [5, 5.41) is 20.9. The molecule has 8 atom stereocenters. The lowest BCUT2D eigenvalue weighted by Gasteiger charge is -2.64. The molecule has 1 aromatic heterocycles. The number of halogens is 1. The van der Waals surface area contributed by atoms with Gasteiger partial charge in [-0.2, -0.15) is 0 Å². The predicted molar refractivity (Wildman–Crippen MR) is 139 cm³/mol. The van der Waals surface area contributed by atoms with Crippen molar-refractivity contribution in [3.8, 4) is 0 Å². The Labute approximate surface area is 225 Å². The van der Waals surface area contributed by atoms with E-state index in [1.165, 1.54) is 18.4 Å². The Kier molecular flexibility index (Phi) is 6.58. The first kappa shape index (κ1) is 26.7. The molecule has 7 nitrogen and oxygen atoms in total. The fourth-order valence-corrected chi connectivity index (χ4v) is 9.55. The van der Waals surface area contributed by atoms with Crippen LogP contribution < -0.4 is 0 Å². The minimum Gasteiger partial charge on any atom is -0.457 e. The molecule has 0 aliphatic heterocycles. The number of esters is 1. The van der Waals surface area contributed by atoms with E-state index in [0.717, 1.165) is 17.3 Å². The summed E-state index contributed by atoms with van der Waals surface area (Å²) in [4.78, 5) is 38.3. The zero-order valence-electron chi connectivity index (χ0n) is 21.2. The summed E-state index contributed by atoms with van der Waals surface area (Å²) in [5.74, 6) is -1.32. The van der Waals surface area contributed by atoms with Gasteiger partial charge in [-0.15, -0.1) is 11.6 Å². The Morgan fingerprint density at radius 3 is 2.73 bits per heavy atom. The smallest absolute Gasteiger partial charge is 0.375 e. The van der Waals surface area contributed by atoms with Gasteiger partial charge in [-0.25, -0.2) is 4.79 Å². The number of hydrogen-bond donors (Lipinski definition) is 2. The van der Waals surface area contributed by atoms with Crippen molar-refractivity contribution in [1.82, 2.24) is 0 Å². The van der Waals surface area contributed by atoms with Crippen LogP contribution in [0.2, 0.25) is 0 Å². The zero-order valence-corrected chi connectivity index (χ0v) is 22.8. The van der Waals surface area contributed by atoms with Gasteiger partial charge in [0.2, 0.25) is 10.9 Å². The summed E-state index contributed by atoms with van der Waals surface area (Å²) in [6, 6.07) is 3.07. The normalized spacial score (nSPS) is 42.4. The number of aliphatic hydroxyl groups excluding tert-OH is 2. The highest BCUT2D eigenvalue weighted by atomic mass is 35.5. The molecule has 0 saturated heterocycles. The number of allylic oxidation sites excluding steroid dienone is 4. The molecule has 200 valence electrons. The third kappa shape index (κ3) is 3.51. The van der Waals surface area contributed by atoms with Crippen molar-refractivity contribution in [2.75, 3.05) is 12.4 Å². The lowest BCUT2D eigenvalue weighted by atomic mass is 9.46. The Hall–Kier alpha value is -1.87. The maximum atomic E-state index is 13.9. The molecule has 1 heterocycles. The highest BCUT2D eigenvalue weighted by Gasteiger charge is 2.76. The Morgan fingerprint density at radius 2 is 2.05 bits per heavy atom. The van der Waals surface area contributed by atoms with Crippen LogP contribution in [0.25, 0.3) is 0 Å². The van der Waals surface area contributed by atoms with Crippen LogP contribution in [-0.4, -0.2) is 56.0 Å². The van der Waals surface area contributed by atoms with E-state index in [2.05, 4.69) is 0 Å². The molecule has 0 spiro atoms. The molecule has 3 fully saturated rings. The van der Waals surface area contributed by atoms with Crippen molar-refractivity contribution in [3.63, 3.8) is 0 Å². The number of alkyl halides is 1. The highest BCUT2D eigenvalue weighted by molar-refractivity contribution is 8.13. The highest BCUT2D eigenvalue weighted by Crippen LogP contribution is 2.72. The van der Waals surface area contributed by atoms with Crippen molar-refractivity contribution >= 4 is 40.2 Å². The third-order valence-corrected chi connectivity index (χ3v) is 11.7. The number of aliphatic hydroxyl groups is 2. The minimum absolute atomic E-state index is 0.00130. The van der Waals surface area contributed by atoms with E-state index >= 15 is 0 Å². The Morgan fingerprint density at radius 1 is 1.30 bits per heavy atom. The van der Waals surface area contributed by atoms with Gasteiger partial charge in [0, 0.05) is 22.5 Å². The largest absolute Gasteiger partial charge is 0.457 e. The van der Waals surface area contributed by atoms with Crippen LogP contribution in [0.15, 0.2) is 46.6 Å². The second-order valence-corrected chi connectivity index (χ2v) is 13.1. The minimum atomic E-state index is -1.55. The molecule has 0 amide bonds. The summed E-state index contributed by atoms with van der Waals surface area (Å²) in [6.45, 7) is 5.63. The van der Waals surface area contributed by atoms with Crippen LogP contribution in [0.3, 0.4) is 0 Å². The van der Waals surface area contributed by atoms with E-state index in [4.69, 9.17) is 20.8 Å². The Balaban J connectivity index is 1.61. The molecule has 9 heteroatoms. The van der Waals surface area contributed by atoms with Gasteiger partial charge >= 0.3 is 5.97 Å². The van der Waals surface area contributed by atoms with E-state index in [1.54, 1.807) is 12.1 Å². The summed E-state index contributed by atoms with van der Waals surface area (Å²) >= 11 is 8.46. The Bertz CT molecular complexity index is 1180. The second-order valence-electron chi connectivity index (χ2n) is 11.4. The molecule has 1 aromatic rings. The summed E-state index contributed by atoms with van der Waals surface area (Å²) in [7, 11) is 0. The number of fused-ring (bicyclic) bond motifs is 5. The van der Waals surface area contributed by atoms with Crippen molar-refractivity contribution in [3.05, 3.63) is 48.0 Å². The average Bonchev–Trinajstić information content (AvgIpc) is 3.46. The maximum absolute atomic E-state index is 13.9. The lowest BCUT2D eigenvalue weighted by Crippen LogP contribution is -2.69. The number of thioether (sulfide) groups is 1. The average molecular weight is 549 g/mol. The quantitative estimate of drug-likeness (QED) is 0.413. The van der Waals surface area contributed by atoms with Crippen LogP contribution in [0, 0.1) is 28.6 Å². The van der Waals surface area contributed by atoms with Crippen molar-refractivity contribution in [1.29, 1.82) is 0 Å². The first-order valence-corrected chi connectivity index (χ1v) is 14.2. The lowest BCUT2D eigenvalue weighted by molar-refractivity contribution is -0.172. The summed E-state index contributed by atoms with van der Waals surface area (Å²) in [5.41, 5.74) is -2.26. The number of carbonyl (C=O) groups excluding carboxylic acids is 3. The summed E-state index contributed by atoms with van der Waals surface area (Å²) < 4.78 is 11.5. The zero-order chi connectivity index (χ0) is 26.8. The van der Waals surface area contributed by atoms with Crippen LogP contribution in [0.4, 0.5) is 0 Å². The molecule has 4 aliphatic carbocycles. The van der Waals surface area contributed by atoms with Crippen molar-refractivity contribution < 1.29 is 33.8 Å². The van der Waals surface area contributed by atoms with Gasteiger partial charge in [0.1, 0.15) is 0 Å². The van der Waals surface area contributed by atoms with Gasteiger partial charge in [-0.1, -0.05) is 44.2 Å². The molecule has 0 radical (unpaired) electrons. The number of rotatable bonds is 5. The van der Waals surface area contributed by atoms with Gasteiger partial charge in [-0.3, -0.25) is 9.59 Å². The van der Waals surface area contributed by atoms with Crippen LogP contribution in [0.5, 0.6) is 0 Å². The maximum Gasteiger partial charge on any atom is 0.375 e. The number of ketones is 1. The van der Waals surface area contributed by atoms with Crippen LogP contribution in [0.1, 0.15) is 57.0 Å². The molecule has 37 heavy (non-hydrogen) atoms. The van der Waals surface area contributed by atoms with Crippen molar-refractivity contribution in [2.45, 2.75) is 63.0 Å². The van der Waals surface area contributed by atoms with E-state index in [1.807, 2.05) is 26.8 Å². The van der Waals surface area contributed by atoms with Gasteiger partial charge < -0.3 is 19.4 Å². The fourth-order valence-electron chi connectivity index (χ4n) is 8.06. The molecule has 3 saturated carbocycles. The molecule has 5 rings (SSSR count). The van der Waals surface area contributed by atoms with E-state index < -0.39 is 33.4 Å². The predicted octanol–water partition coefficient (Wildman–Crippen LogP) is 4.31. The number of carbonyl (C=O) groups is 3. The van der Waals surface area contributed by atoms with Gasteiger partial charge in [0.15, 0.2) is 11.4 Å². The molecule has 0 bridgehead atoms. The molecular formula is C28H33ClO7S. The topological polar surface area (TPSA) is 114 Å². The van der Waals surface area contributed by atoms with Gasteiger partial charge in [0.25, 0.3) is 0 Å². The second kappa shape index (κ2) is 9.11. The first-order chi connectivity index (χ1) is 17.5. The van der Waals surface area contributed by atoms with Gasteiger partial charge in [0.05, 0.1) is 23.8 Å². The monoisotopic (exact) mass is 548 g/mol. The van der Waals surface area contributed by atoms with Crippen molar-refractivity contribution in [2.24, 2.45) is 28.6 Å². The SMILES string of the molecule is C[C@@H]1CC2C3CCC4=CC(=O)C=C[C@]4(C)[C@@]3(Cl)[C@@H](O)C[C@]2(C)[C@@]1(OC(=O)c1ccco1)C(=O)SCCO. The number of hydrogen-bond acceptors (Lipinski definition) is 8. The molecular weight excluding hydrogens is 516 g/mol. The molecule has 4 aliphatic rings. The van der Waals surface area contributed by atoms with E-state index in [0.29, 0.717) is 19.3 Å². The van der Waals surface area contributed by atoms with Crippen LogP contribution in [-0.2, 0) is 14.3 Å². The third-order valence-electron chi connectivity index (χ3n) is 9.78. The number of ether oxygens (including phenoxy) is 1. The fraction of sp³-hybridized carbons (Fsp3) is 0.607.